The summed E-state index contributed by atoms with van der Waals surface area (Å²) in [7, 11) is 0. The SMILES string of the molecule is O=Cc1ccc(C2COCCN2)cc1. The Kier molecular flexibility index (Phi) is 2.91. The second-order valence-electron chi connectivity index (χ2n) is 3.37. The van der Waals surface area contributed by atoms with E-state index < -0.39 is 0 Å². The van der Waals surface area contributed by atoms with Crippen LogP contribution in [0.1, 0.15) is 22.0 Å². The molecule has 0 radical (unpaired) electrons. The van der Waals surface area contributed by atoms with E-state index in [4.69, 9.17) is 4.74 Å². The van der Waals surface area contributed by atoms with Crippen LogP contribution in [0.4, 0.5) is 0 Å². The van der Waals surface area contributed by atoms with Crippen LogP contribution in [0.15, 0.2) is 24.3 Å². The molecule has 1 heterocycles. The number of aldehydes is 1. The third kappa shape index (κ3) is 2.00. The Labute approximate surface area is 83.1 Å². The normalized spacial score (nSPS) is 21.9. The summed E-state index contributed by atoms with van der Waals surface area (Å²) in [4.78, 5) is 10.5. The van der Waals surface area contributed by atoms with Gasteiger partial charge in [0.2, 0.25) is 0 Å². The molecule has 1 aliphatic heterocycles. The van der Waals surface area contributed by atoms with Crippen LogP contribution >= 0.6 is 0 Å². The third-order valence-electron chi connectivity index (χ3n) is 2.40. The van der Waals surface area contributed by atoms with Crippen molar-refractivity contribution in [2.75, 3.05) is 19.8 Å². The van der Waals surface area contributed by atoms with E-state index in [-0.39, 0.29) is 6.04 Å². The number of carbonyl (C=O) groups is 1. The number of morpholine rings is 1. The second-order valence-corrected chi connectivity index (χ2v) is 3.37. The zero-order chi connectivity index (χ0) is 9.80. The molecule has 0 aromatic heterocycles. The molecule has 2 rings (SSSR count). The van der Waals surface area contributed by atoms with Gasteiger partial charge in [-0.2, -0.15) is 0 Å². The number of hydrogen-bond donors (Lipinski definition) is 1. The highest BCUT2D eigenvalue weighted by molar-refractivity contribution is 5.74. The fourth-order valence-electron chi connectivity index (χ4n) is 1.59. The van der Waals surface area contributed by atoms with Crippen LogP contribution in [0, 0.1) is 0 Å². The minimum atomic E-state index is 0.268. The molecule has 1 N–H and O–H groups in total. The van der Waals surface area contributed by atoms with Gasteiger partial charge in [-0.25, -0.2) is 0 Å². The van der Waals surface area contributed by atoms with Gasteiger partial charge in [-0.15, -0.1) is 0 Å². The lowest BCUT2D eigenvalue weighted by molar-refractivity contribution is 0.0769. The number of rotatable bonds is 2. The Hall–Kier alpha value is -1.19. The predicted molar refractivity (Wildman–Crippen MR) is 53.4 cm³/mol. The van der Waals surface area contributed by atoms with Gasteiger partial charge in [-0.3, -0.25) is 4.79 Å². The first-order valence-electron chi connectivity index (χ1n) is 4.76. The highest BCUT2D eigenvalue weighted by Crippen LogP contribution is 2.15. The second kappa shape index (κ2) is 4.35. The van der Waals surface area contributed by atoms with Crippen molar-refractivity contribution >= 4 is 6.29 Å². The molecule has 1 saturated heterocycles. The van der Waals surface area contributed by atoms with Gasteiger partial charge in [0.25, 0.3) is 0 Å². The summed E-state index contributed by atoms with van der Waals surface area (Å²) in [6.45, 7) is 2.38. The van der Waals surface area contributed by atoms with Crippen LogP contribution in [0.25, 0.3) is 0 Å². The van der Waals surface area contributed by atoms with Crippen LogP contribution in [0.3, 0.4) is 0 Å². The van der Waals surface area contributed by atoms with Gasteiger partial charge in [0.05, 0.1) is 19.3 Å². The summed E-state index contributed by atoms with van der Waals surface area (Å²) in [5.41, 5.74) is 1.89. The molecule has 1 aromatic carbocycles. The van der Waals surface area contributed by atoms with Crippen molar-refractivity contribution in [1.29, 1.82) is 0 Å². The van der Waals surface area contributed by atoms with Crippen LogP contribution in [0.5, 0.6) is 0 Å². The molecule has 1 unspecified atom stereocenters. The molecule has 0 saturated carbocycles. The molecule has 1 fully saturated rings. The van der Waals surface area contributed by atoms with Gasteiger partial charge in [-0.1, -0.05) is 24.3 Å². The van der Waals surface area contributed by atoms with Crippen LogP contribution < -0.4 is 5.32 Å². The average molecular weight is 191 g/mol. The highest BCUT2D eigenvalue weighted by Gasteiger charge is 2.14. The van der Waals surface area contributed by atoms with Crippen LogP contribution in [-0.4, -0.2) is 26.0 Å². The lowest BCUT2D eigenvalue weighted by Gasteiger charge is -2.24. The maximum Gasteiger partial charge on any atom is 0.150 e. The van der Waals surface area contributed by atoms with Crippen molar-refractivity contribution in [3.63, 3.8) is 0 Å². The first kappa shape index (κ1) is 9.37. The Balaban J connectivity index is 2.11. The molecule has 0 aliphatic carbocycles. The first-order chi connectivity index (χ1) is 6.90. The number of benzene rings is 1. The topological polar surface area (TPSA) is 38.3 Å². The minimum absolute atomic E-state index is 0.268. The molecule has 74 valence electrons. The summed E-state index contributed by atoms with van der Waals surface area (Å²) in [6, 6.07) is 7.87. The van der Waals surface area contributed by atoms with Crippen molar-refractivity contribution in [2.45, 2.75) is 6.04 Å². The number of ether oxygens (including phenoxy) is 1. The molecule has 0 bridgehead atoms. The summed E-state index contributed by atoms with van der Waals surface area (Å²) >= 11 is 0. The van der Waals surface area contributed by atoms with Gasteiger partial charge < -0.3 is 10.1 Å². The molecule has 0 spiro atoms. The standard InChI is InChI=1S/C11H13NO2/c13-7-9-1-3-10(4-2-9)11-8-14-6-5-12-11/h1-4,7,11-12H,5-6,8H2. The summed E-state index contributed by atoms with van der Waals surface area (Å²) < 4.78 is 5.36. The lowest BCUT2D eigenvalue weighted by atomic mass is 10.1. The predicted octanol–water partition coefficient (Wildman–Crippen LogP) is 1.16. The lowest BCUT2D eigenvalue weighted by Crippen LogP contribution is -2.34. The summed E-state index contributed by atoms with van der Waals surface area (Å²) in [5.74, 6) is 0. The van der Waals surface area contributed by atoms with Crippen molar-refractivity contribution < 1.29 is 9.53 Å². The van der Waals surface area contributed by atoms with Gasteiger partial charge in [-0.05, 0) is 5.56 Å². The Morgan fingerprint density at radius 2 is 2.14 bits per heavy atom. The molecule has 1 aliphatic rings. The third-order valence-corrected chi connectivity index (χ3v) is 2.40. The van der Waals surface area contributed by atoms with Crippen molar-refractivity contribution in [2.24, 2.45) is 0 Å². The van der Waals surface area contributed by atoms with E-state index in [1.54, 1.807) is 0 Å². The molecule has 0 amide bonds. The molecular formula is C11H13NO2. The fraction of sp³-hybridized carbons (Fsp3) is 0.364. The monoisotopic (exact) mass is 191 g/mol. The molecule has 3 heteroatoms. The number of hydrogen-bond acceptors (Lipinski definition) is 3. The molecular weight excluding hydrogens is 178 g/mol. The largest absolute Gasteiger partial charge is 0.378 e. The molecule has 1 aromatic rings. The van der Waals surface area contributed by atoms with E-state index in [1.165, 1.54) is 5.56 Å². The maximum absolute atomic E-state index is 10.5. The zero-order valence-electron chi connectivity index (χ0n) is 7.90. The van der Waals surface area contributed by atoms with E-state index in [0.29, 0.717) is 12.2 Å². The minimum Gasteiger partial charge on any atom is -0.378 e. The van der Waals surface area contributed by atoms with Crippen molar-refractivity contribution in [1.82, 2.24) is 5.32 Å². The summed E-state index contributed by atoms with van der Waals surface area (Å²) in [6.07, 6.45) is 0.856. The Morgan fingerprint density at radius 1 is 1.36 bits per heavy atom. The van der Waals surface area contributed by atoms with E-state index in [1.807, 2.05) is 24.3 Å². The van der Waals surface area contributed by atoms with Crippen molar-refractivity contribution in [3.8, 4) is 0 Å². The number of carbonyl (C=O) groups excluding carboxylic acids is 1. The zero-order valence-corrected chi connectivity index (χ0v) is 7.90. The summed E-state index contributed by atoms with van der Waals surface area (Å²) in [5, 5.41) is 3.36. The van der Waals surface area contributed by atoms with E-state index in [0.717, 1.165) is 19.4 Å². The van der Waals surface area contributed by atoms with Gasteiger partial charge >= 0.3 is 0 Å². The number of nitrogens with one attached hydrogen (secondary N) is 1. The van der Waals surface area contributed by atoms with Crippen molar-refractivity contribution in [3.05, 3.63) is 35.4 Å². The first-order valence-corrected chi connectivity index (χ1v) is 4.76. The van der Waals surface area contributed by atoms with E-state index in [2.05, 4.69) is 5.32 Å². The maximum atomic E-state index is 10.5. The Morgan fingerprint density at radius 3 is 2.71 bits per heavy atom. The molecule has 3 nitrogen and oxygen atoms in total. The fourth-order valence-corrected chi connectivity index (χ4v) is 1.59. The quantitative estimate of drug-likeness (QED) is 0.713. The smallest absolute Gasteiger partial charge is 0.150 e. The molecule has 14 heavy (non-hydrogen) atoms. The van der Waals surface area contributed by atoms with Gasteiger partial charge in [0, 0.05) is 12.1 Å². The Bertz CT molecular complexity index is 302. The highest BCUT2D eigenvalue weighted by atomic mass is 16.5. The molecule has 1 atom stereocenters. The van der Waals surface area contributed by atoms with Gasteiger partial charge in [0.15, 0.2) is 0 Å². The average Bonchev–Trinajstić information content (AvgIpc) is 2.30. The van der Waals surface area contributed by atoms with E-state index >= 15 is 0 Å². The van der Waals surface area contributed by atoms with Crippen LogP contribution in [-0.2, 0) is 4.74 Å². The van der Waals surface area contributed by atoms with Gasteiger partial charge in [0.1, 0.15) is 6.29 Å². The van der Waals surface area contributed by atoms with Crippen LogP contribution in [0.2, 0.25) is 0 Å². The van der Waals surface area contributed by atoms with E-state index in [9.17, 15) is 4.79 Å².